The molecule has 5 rings (SSSR count). The Morgan fingerprint density at radius 3 is 2.93 bits per heavy atom. The molecule has 7 heteroatoms. The molecule has 3 aromatic rings. The lowest BCUT2D eigenvalue weighted by atomic mass is 10.0. The third-order valence-electron chi connectivity index (χ3n) is 5.51. The van der Waals surface area contributed by atoms with Crippen molar-refractivity contribution >= 4 is 16.3 Å². The second-order valence-electron chi connectivity index (χ2n) is 7.47. The molecule has 4 heterocycles. The molecule has 0 amide bonds. The SMILES string of the molecule is Cc1csc2nc(CN3CCCC3c3ccc4c(c3)OCCCO4)cc(=O)n12. The van der Waals surface area contributed by atoms with Crippen LogP contribution in [0.25, 0.3) is 4.96 Å². The van der Waals surface area contributed by atoms with Gasteiger partial charge in [-0.25, -0.2) is 4.98 Å². The highest BCUT2D eigenvalue weighted by atomic mass is 32.1. The highest BCUT2D eigenvalue weighted by Gasteiger charge is 2.28. The van der Waals surface area contributed by atoms with E-state index in [0.29, 0.717) is 25.8 Å². The lowest BCUT2D eigenvalue weighted by Gasteiger charge is -2.25. The molecule has 0 spiro atoms. The van der Waals surface area contributed by atoms with Crippen LogP contribution in [0, 0.1) is 6.92 Å². The van der Waals surface area contributed by atoms with Gasteiger partial charge in [0, 0.05) is 36.1 Å². The topological polar surface area (TPSA) is 56.1 Å². The van der Waals surface area contributed by atoms with Gasteiger partial charge in [0.25, 0.3) is 5.56 Å². The van der Waals surface area contributed by atoms with Crippen molar-refractivity contribution in [2.75, 3.05) is 19.8 Å². The van der Waals surface area contributed by atoms with Crippen LogP contribution in [0.5, 0.6) is 11.5 Å². The van der Waals surface area contributed by atoms with Crippen LogP contribution in [0.2, 0.25) is 0 Å². The van der Waals surface area contributed by atoms with E-state index in [4.69, 9.17) is 14.5 Å². The monoisotopic (exact) mass is 397 g/mol. The summed E-state index contributed by atoms with van der Waals surface area (Å²) >= 11 is 1.52. The lowest BCUT2D eigenvalue weighted by Crippen LogP contribution is -2.25. The zero-order valence-electron chi connectivity index (χ0n) is 15.9. The second-order valence-corrected chi connectivity index (χ2v) is 8.30. The molecule has 1 fully saturated rings. The molecule has 28 heavy (non-hydrogen) atoms. The van der Waals surface area contributed by atoms with Crippen molar-refractivity contribution in [1.29, 1.82) is 0 Å². The van der Waals surface area contributed by atoms with E-state index in [1.54, 1.807) is 10.5 Å². The quantitative estimate of drug-likeness (QED) is 0.676. The minimum atomic E-state index is 0.00470. The summed E-state index contributed by atoms with van der Waals surface area (Å²) in [5.41, 5.74) is 3.03. The molecule has 0 bridgehead atoms. The van der Waals surface area contributed by atoms with E-state index in [9.17, 15) is 4.79 Å². The number of ether oxygens (including phenoxy) is 2. The van der Waals surface area contributed by atoms with Gasteiger partial charge in [0.05, 0.1) is 18.9 Å². The molecule has 1 atom stereocenters. The first-order chi connectivity index (χ1) is 13.7. The van der Waals surface area contributed by atoms with Crippen LogP contribution in [0.3, 0.4) is 0 Å². The maximum absolute atomic E-state index is 12.5. The predicted molar refractivity (Wildman–Crippen MR) is 109 cm³/mol. The molecule has 2 aliphatic heterocycles. The van der Waals surface area contributed by atoms with Crippen molar-refractivity contribution in [3.05, 3.63) is 57.0 Å². The maximum Gasteiger partial charge on any atom is 0.259 e. The fraction of sp³-hybridized carbons (Fsp3) is 0.429. The van der Waals surface area contributed by atoms with Crippen LogP contribution in [-0.4, -0.2) is 34.0 Å². The standard InChI is InChI=1S/C21H23N3O3S/c1-14-13-28-21-22-16(11-20(25)24(14)21)12-23-7-2-4-17(23)15-5-6-18-19(10-15)27-9-3-8-26-18/h5-6,10-11,13,17H,2-4,7-9,12H2,1H3. The average Bonchev–Trinajstić information content (AvgIpc) is 3.21. The van der Waals surface area contributed by atoms with Gasteiger partial charge in [0.2, 0.25) is 0 Å². The van der Waals surface area contributed by atoms with Crippen LogP contribution in [0.4, 0.5) is 0 Å². The van der Waals surface area contributed by atoms with E-state index in [2.05, 4.69) is 17.0 Å². The summed E-state index contributed by atoms with van der Waals surface area (Å²) in [6.45, 7) is 5.02. The lowest BCUT2D eigenvalue weighted by molar-refractivity contribution is 0.244. The van der Waals surface area contributed by atoms with Crippen molar-refractivity contribution in [3.8, 4) is 11.5 Å². The molecule has 0 aliphatic carbocycles. The smallest absolute Gasteiger partial charge is 0.259 e. The molecule has 6 nitrogen and oxygen atoms in total. The number of hydrogen-bond donors (Lipinski definition) is 0. The Morgan fingerprint density at radius 2 is 2.04 bits per heavy atom. The Labute approximate surface area is 167 Å². The summed E-state index contributed by atoms with van der Waals surface area (Å²) < 4.78 is 13.3. The van der Waals surface area contributed by atoms with Crippen molar-refractivity contribution in [3.63, 3.8) is 0 Å². The van der Waals surface area contributed by atoms with Crippen LogP contribution in [-0.2, 0) is 6.54 Å². The van der Waals surface area contributed by atoms with Crippen molar-refractivity contribution in [2.45, 2.75) is 38.8 Å². The highest BCUT2D eigenvalue weighted by molar-refractivity contribution is 7.15. The van der Waals surface area contributed by atoms with E-state index >= 15 is 0 Å². The van der Waals surface area contributed by atoms with E-state index in [0.717, 1.165) is 53.7 Å². The highest BCUT2D eigenvalue weighted by Crippen LogP contribution is 2.38. The minimum absolute atomic E-state index is 0.00470. The molecule has 0 radical (unpaired) electrons. The van der Waals surface area contributed by atoms with Crippen molar-refractivity contribution < 1.29 is 9.47 Å². The summed E-state index contributed by atoms with van der Waals surface area (Å²) in [5.74, 6) is 1.67. The van der Waals surface area contributed by atoms with Gasteiger partial charge in [-0.1, -0.05) is 6.07 Å². The number of thiazole rings is 1. The summed E-state index contributed by atoms with van der Waals surface area (Å²) in [5, 5.41) is 1.98. The Bertz CT molecular complexity index is 1070. The van der Waals surface area contributed by atoms with Gasteiger partial charge in [-0.3, -0.25) is 14.1 Å². The zero-order valence-corrected chi connectivity index (χ0v) is 16.7. The van der Waals surface area contributed by atoms with Gasteiger partial charge in [0.1, 0.15) is 0 Å². The number of aromatic nitrogens is 2. The van der Waals surface area contributed by atoms with Gasteiger partial charge in [0.15, 0.2) is 16.5 Å². The Balaban J connectivity index is 1.42. The van der Waals surface area contributed by atoms with E-state index in [1.165, 1.54) is 16.9 Å². The fourth-order valence-corrected chi connectivity index (χ4v) is 5.06. The first-order valence-corrected chi connectivity index (χ1v) is 10.7. The zero-order chi connectivity index (χ0) is 19.1. The summed E-state index contributed by atoms with van der Waals surface area (Å²) in [6, 6.07) is 8.28. The first-order valence-electron chi connectivity index (χ1n) is 9.79. The molecular weight excluding hydrogens is 374 g/mol. The Morgan fingerprint density at radius 1 is 1.18 bits per heavy atom. The molecule has 146 valence electrons. The molecule has 1 saturated heterocycles. The summed E-state index contributed by atoms with van der Waals surface area (Å²) in [6.07, 6.45) is 3.14. The third kappa shape index (κ3) is 3.18. The normalized spacial score (nSPS) is 19.8. The molecule has 0 saturated carbocycles. The van der Waals surface area contributed by atoms with Crippen LogP contribution in [0.15, 0.2) is 34.4 Å². The van der Waals surface area contributed by atoms with Gasteiger partial charge >= 0.3 is 0 Å². The minimum Gasteiger partial charge on any atom is -0.490 e. The maximum atomic E-state index is 12.5. The number of nitrogens with zero attached hydrogens (tertiary/aromatic N) is 3. The number of aryl methyl sites for hydroxylation is 1. The van der Waals surface area contributed by atoms with E-state index < -0.39 is 0 Å². The molecule has 1 aromatic carbocycles. The number of benzene rings is 1. The third-order valence-corrected chi connectivity index (χ3v) is 6.46. The van der Waals surface area contributed by atoms with E-state index in [1.807, 2.05) is 18.4 Å². The van der Waals surface area contributed by atoms with E-state index in [-0.39, 0.29) is 5.56 Å². The molecular formula is C21H23N3O3S. The Hall–Kier alpha value is -2.38. The fourth-order valence-electron chi connectivity index (χ4n) is 4.17. The van der Waals surface area contributed by atoms with Crippen LogP contribution < -0.4 is 15.0 Å². The van der Waals surface area contributed by atoms with Gasteiger partial charge in [-0.05, 0) is 44.0 Å². The number of rotatable bonds is 3. The summed E-state index contributed by atoms with van der Waals surface area (Å²) in [7, 11) is 0. The largest absolute Gasteiger partial charge is 0.490 e. The average molecular weight is 398 g/mol. The van der Waals surface area contributed by atoms with Crippen LogP contribution in [0.1, 0.15) is 42.3 Å². The van der Waals surface area contributed by atoms with Gasteiger partial charge in [-0.2, -0.15) is 0 Å². The molecule has 0 N–H and O–H groups in total. The molecule has 1 unspecified atom stereocenters. The van der Waals surface area contributed by atoms with Gasteiger partial charge < -0.3 is 9.47 Å². The second kappa shape index (κ2) is 7.22. The number of likely N-dealkylation sites (tertiary alicyclic amines) is 1. The molecule has 2 aliphatic rings. The number of fused-ring (bicyclic) bond motifs is 2. The van der Waals surface area contributed by atoms with Crippen molar-refractivity contribution in [2.24, 2.45) is 0 Å². The van der Waals surface area contributed by atoms with Crippen molar-refractivity contribution in [1.82, 2.24) is 14.3 Å². The first kappa shape index (κ1) is 17.7. The van der Waals surface area contributed by atoms with Gasteiger partial charge in [-0.15, -0.1) is 11.3 Å². The van der Waals surface area contributed by atoms with Crippen LogP contribution >= 0.6 is 11.3 Å². The Kier molecular flexibility index (Phi) is 4.56. The molecule has 2 aromatic heterocycles. The predicted octanol–water partition coefficient (Wildman–Crippen LogP) is 3.56. The summed E-state index contributed by atoms with van der Waals surface area (Å²) in [4.78, 5) is 20.4. The number of hydrogen-bond acceptors (Lipinski definition) is 6.